The number of imide groups is 1. The lowest BCUT2D eigenvalue weighted by Gasteiger charge is -2.16. The van der Waals surface area contributed by atoms with E-state index in [1.807, 2.05) is 13.8 Å². The Morgan fingerprint density at radius 1 is 1.39 bits per heavy atom. The second-order valence-corrected chi connectivity index (χ2v) is 4.51. The van der Waals surface area contributed by atoms with E-state index in [9.17, 15) is 14.4 Å². The first kappa shape index (κ1) is 14.6. The third-order valence-corrected chi connectivity index (χ3v) is 3.24. The Hall–Kier alpha value is -1.43. The zero-order valence-electron chi connectivity index (χ0n) is 11.2. The van der Waals surface area contributed by atoms with Gasteiger partial charge in [-0.2, -0.15) is 0 Å². The van der Waals surface area contributed by atoms with Gasteiger partial charge >= 0.3 is 0 Å². The van der Waals surface area contributed by atoms with Crippen LogP contribution in [0.15, 0.2) is 0 Å². The van der Waals surface area contributed by atoms with Crippen molar-refractivity contribution in [1.29, 1.82) is 0 Å². The van der Waals surface area contributed by atoms with Gasteiger partial charge in [0.15, 0.2) is 0 Å². The lowest BCUT2D eigenvalue weighted by atomic mass is 10.2. The molecule has 1 aliphatic rings. The molecule has 1 rings (SSSR count). The highest BCUT2D eigenvalue weighted by Crippen LogP contribution is 2.09. The normalized spacial score (nSPS) is 19.8. The van der Waals surface area contributed by atoms with Crippen LogP contribution in [0.3, 0.4) is 0 Å². The van der Waals surface area contributed by atoms with Gasteiger partial charge in [0.2, 0.25) is 17.7 Å². The molecule has 3 amide bonds. The van der Waals surface area contributed by atoms with Gasteiger partial charge in [-0.25, -0.2) is 0 Å². The number of amides is 3. The van der Waals surface area contributed by atoms with Gasteiger partial charge in [-0.15, -0.1) is 0 Å². The van der Waals surface area contributed by atoms with Crippen LogP contribution in [0.1, 0.15) is 33.1 Å². The Kier molecular flexibility index (Phi) is 5.27. The molecule has 0 bridgehead atoms. The summed E-state index contributed by atoms with van der Waals surface area (Å²) in [4.78, 5) is 35.6. The van der Waals surface area contributed by atoms with E-state index in [1.54, 1.807) is 0 Å². The summed E-state index contributed by atoms with van der Waals surface area (Å²) in [7, 11) is 1.45. The molecule has 0 aliphatic carbocycles. The van der Waals surface area contributed by atoms with Gasteiger partial charge < -0.3 is 5.32 Å². The van der Waals surface area contributed by atoms with E-state index >= 15 is 0 Å². The fourth-order valence-electron chi connectivity index (χ4n) is 1.90. The van der Waals surface area contributed by atoms with Gasteiger partial charge in [0, 0.05) is 13.1 Å². The highest BCUT2D eigenvalue weighted by molar-refractivity contribution is 6.05. The average Bonchev–Trinajstić information content (AvgIpc) is 2.61. The van der Waals surface area contributed by atoms with Crippen molar-refractivity contribution in [3.8, 4) is 0 Å². The van der Waals surface area contributed by atoms with Crippen LogP contribution >= 0.6 is 0 Å². The molecule has 1 unspecified atom stereocenters. The first-order valence-corrected chi connectivity index (χ1v) is 6.32. The molecule has 1 aliphatic heterocycles. The van der Waals surface area contributed by atoms with Crippen LogP contribution in [0.5, 0.6) is 0 Å². The molecule has 1 fully saturated rings. The molecule has 2 N–H and O–H groups in total. The zero-order valence-corrected chi connectivity index (χ0v) is 11.2. The molecular formula is C12H21N3O3. The van der Waals surface area contributed by atoms with Crippen molar-refractivity contribution in [3.05, 3.63) is 0 Å². The van der Waals surface area contributed by atoms with Crippen LogP contribution in [0.2, 0.25) is 0 Å². The van der Waals surface area contributed by atoms with Gasteiger partial charge in [0.25, 0.3) is 0 Å². The Labute approximate surface area is 107 Å². The van der Waals surface area contributed by atoms with E-state index in [-0.39, 0.29) is 36.7 Å². The van der Waals surface area contributed by atoms with Gasteiger partial charge in [-0.1, -0.05) is 13.8 Å². The van der Waals surface area contributed by atoms with Crippen molar-refractivity contribution in [2.24, 2.45) is 0 Å². The molecule has 1 heterocycles. The number of carbonyl (C=O) groups excluding carboxylic acids is 3. The van der Waals surface area contributed by atoms with Gasteiger partial charge in [-0.05, 0) is 12.8 Å². The van der Waals surface area contributed by atoms with Crippen molar-refractivity contribution < 1.29 is 14.4 Å². The number of likely N-dealkylation sites (N-methyl/N-ethyl adjacent to an activating group) is 1. The van der Waals surface area contributed by atoms with Gasteiger partial charge in [0.1, 0.15) is 0 Å². The number of hydrogen-bond acceptors (Lipinski definition) is 4. The summed E-state index contributed by atoms with van der Waals surface area (Å²) in [5.41, 5.74) is 0. The predicted molar refractivity (Wildman–Crippen MR) is 66.7 cm³/mol. The molecule has 0 spiro atoms. The minimum atomic E-state index is -0.560. The molecule has 0 saturated carbocycles. The lowest BCUT2D eigenvalue weighted by molar-refractivity contribution is -0.137. The highest BCUT2D eigenvalue weighted by atomic mass is 16.2. The Morgan fingerprint density at radius 3 is 2.44 bits per heavy atom. The summed E-state index contributed by atoms with van der Waals surface area (Å²) in [6.45, 7) is 4.08. The van der Waals surface area contributed by atoms with E-state index in [1.165, 1.54) is 7.05 Å². The summed E-state index contributed by atoms with van der Waals surface area (Å²) in [6.07, 6.45) is 1.89. The monoisotopic (exact) mass is 255 g/mol. The minimum absolute atomic E-state index is 0.0635. The van der Waals surface area contributed by atoms with Crippen molar-refractivity contribution in [2.45, 2.75) is 45.2 Å². The second kappa shape index (κ2) is 6.49. The van der Waals surface area contributed by atoms with Crippen LogP contribution in [-0.4, -0.2) is 48.3 Å². The smallest absolute Gasteiger partial charge is 0.246 e. The number of nitrogens with zero attached hydrogens (tertiary/aromatic N) is 1. The predicted octanol–water partition coefficient (Wildman–Crippen LogP) is -0.362. The molecule has 6 heteroatoms. The standard InChI is InChI=1S/C12H21N3O3/c1-4-8(5-2)14-10(16)7-13-9-6-11(17)15(3)12(9)18/h8-9,13H,4-7H2,1-3H3,(H,14,16). The maximum absolute atomic E-state index is 11.6. The molecule has 0 aromatic heterocycles. The summed E-state index contributed by atoms with van der Waals surface area (Å²) < 4.78 is 0. The van der Waals surface area contributed by atoms with Crippen LogP contribution in [-0.2, 0) is 14.4 Å². The Bertz CT molecular complexity index is 339. The number of hydrogen-bond donors (Lipinski definition) is 2. The second-order valence-electron chi connectivity index (χ2n) is 4.51. The number of likely N-dealkylation sites (tertiary alicyclic amines) is 1. The number of carbonyl (C=O) groups is 3. The van der Waals surface area contributed by atoms with E-state index < -0.39 is 6.04 Å². The number of nitrogens with one attached hydrogen (secondary N) is 2. The highest BCUT2D eigenvalue weighted by Gasteiger charge is 2.35. The summed E-state index contributed by atoms with van der Waals surface area (Å²) >= 11 is 0. The third kappa shape index (κ3) is 3.53. The van der Waals surface area contributed by atoms with Crippen LogP contribution in [0.25, 0.3) is 0 Å². The molecule has 6 nitrogen and oxygen atoms in total. The zero-order chi connectivity index (χ0) is 13.7. The topological polar surface area (TPSA) is 78.5 Å². The molecule has 1 atom stereocenters. The summed E-state index contributed by atoms with van der Waals surface area (Å²) in [5, 5.41) is 5.69. The molecule has 0 radical (unpaired) electrons. The molecule has 1 saturated heterocycles. The third-order valence-electron chi connectivity index (χ3n) is 3.24. The van der Waals surface area contributed by atoms with Gasteiger partial charge in [-0.3, -0.25) is 24.6 Å². The fourth-order valence-corrected chi connectivity index (χ4v) is 1.90. The van der Waals surface area contributed by atoms with E-state index in [0.29, 0.717) is 0 Å². The maximum Gasteiger partial charge on any atom is 0.246 e. The molecule has 18 heavy (non-hydrogen) atoms. The van der Waals surface area contributed by atoms with E-state index in [2.05, 4.69) is 10.6 Å². The van der Waals surface area contributed by atoms with E-state index in [4.69, 9.17) is 0 Å². The minimum Gasteiger partial charge on any atom is -0.352 e. The number of rotatable bonds is 6. The van der Waals surface area contributed by atoms with Crippen molar-refractivity contribution in [3.63, 3.8) is 0 Å². The largest absolute Gasteiger partial charge is 0.352 e. The first-order chi connectivity index (χ1) is 8.49. The molecule has 0 aromatic carbocycles. The van der Waals surface area contributed by atoms with Crippen LogP contribution < -0.4 is 10.6 Å². The Balaban J connectivity index is 2.35. The summed E-state index contributed by atoms with van der Waals surface area (Å²) in [6, 6.07) is -0.391. The average molecular weight is 255 g/mol. The van der Waals surface area contributed by atoms with Crippen LogP contribution in [0, 0.1) is 0 Å². The van der Waals surface area contributed by atoms with Crippen molar-refractivity contribution in [1.82, 2.24) is 15.5 Å². The van der Waals surface area contributed by atoms with Crippen molar-refractivity contribution >= 4 is 17.7 Å². The Morgan fingerprint density at radius 2 is 2.00 bits per heavy atom. The molecule has 0 aromatic rings. The fraction of sp³-hybridized carbons (Fsp3) is 0.750. The lowest BCUT2D eigenvalue weighted by Crippen LogP contribution is -2.45. The van der Waals surface area contributed by atoms with Gasteiger partial charge in [0.05, 0.1) is 19.0 Å². The summed E-state index contributed by atoms with van der Waals surface area (Å²) in [5.74, 6) is -0.619. The quantitative estimate of drug-likeness (QED) is 0.635. The first-order valence-electron chi connectivity index (χ1n) is 6.32. The SMILES string of the molecule is CCC(CC)NC(=O)CNC1CC(=O)N(C)C1=O. The maximum atomic E-state index is 11.6. The van der Waals surface area contributed by atoms with E-state index in [0.717, 1.165) is 17.7 Å². The van der Waals surface area contributed by atoms with Crippen LogP contribution in [0.4, 0.5) is 0 Å². The molecule has 102 valence electrons. The molecular weight excluding hydrogens is 234 g/mol. The van der Waals surface area contributed by atoms with Crippen molar-refractivity contribution in [2.75, 3.05) is 13.6 Å².